The van der Waals surface area contributed by atoms with Gasteiger partial charge < -0.3 is 9.13 Å². The third kappa shape index (κ3) is 3.94. The Labute approximate surface area is 261 Å². The average molecular weight is 576 g/mol. The Morgan fingerprint density at radius 1 is 0.444 bits per heavy atom. The van der Waals surface area contributed by atoms with Crippen molar-refractivity contribution >= 4 is 43.6 Å². The van der Waals surface area contributed by atoms with Gasteiger partial charge in [-0.3, -0.25) is 0 Å². The molecule has 3 aromatic heterocycles. The molecule has 0 spiro atoms. The fourth-order valence-corrected chi connectivity index (χ4v) is 7.08. The van der Waals surface area contributed by atoms with Gasteiger partial charge in [-0.1, -0.05) is 127 Å². The summed E-state index contributed by atoms with van der Waals surface area (Å²) in [5.74, 6) is 0. The van der Waals surface area contributed by atoms with E-state index >= 15 is 0 Å². The zero-order chi connectivity index (χ0) is 29.9. The number of fused-ring (bicyclic) bond motifs is 7. The molecule has 45 heavy (non-hydrogen) atoms. The van der Waals surface area contributed by atoms with E-state index in [0.717, 1.165) is 28.2 Å². The number of nitrogens with zero attached hydrogens (tertiary/aromatic N) is 3. The minimum atomic E-state index is 0.949. The van der Waals surface area contributed by atoms with Crippen molar-refractivity contribution in [1.29, 1.82) is 0 Å². The smallest absolute Gasteiger partial charge is 0.0791 e. The molecule has 0 fully saturated rings. The summed E-state index contributed by atoms with van der Waals surface area (Å²) in [6.07, 6.45) is 0. The summed E-state index contributed by atoms with van der Waals surface area (Å²) in [5.41, 5.74) is 12.5. The van der Waals surface area contributed by atoms with Crippen LogP contribution in [0.3, 0.4) is 0 Å². The zero-order valence-electron chi connectivity index (χ0n) is 24.9. The van der Waals surface area contributed by atoms with Crippen molar-refractivity contribution in [3.63, 3.8) is 0 Å². The van der Waals surface area contributed by atoms with E-state index in [2.05, 4.69) is 174 Å². The highest BCUT2D eigenvalue weighted by Crippen LogP contribution is 2.45. The Morgan fingerprint density at radius 2 is 0.956 bits per heavy atom. The normalized spacial score (nSPS) is 11.7. The van der Waals surface area contributed by atoms with Gasteiger partial charge in [-0.2, -0.15) is 0 Å². The Morgan fingerprint density at radius 3 is 1.58 bits per heavy atom. The molecule has 0 radical (unpaired) electrons. The molecule has 9 rings (SSSR count). The molecule has 9 aromatic rings. The van der Waals surface area contributed by atoms with E-state index in [0.29, 0.717) is 0 Å². The fraction of sp³-hybridized carbons (Fsp3) is 0.0238. The molecule has 3 heterocycles. The molecule has 0 aliphatic heterocycles. The van der Waals surface area contributed by atoms with Crippen LogP contribution in [0.4, 0.5) is 0 Å². The van der Waals surface area contributed by atoms with Gasteiger partial charge in [-0.05, 0) is 41.5 Å². The molecule has 3 nitrogen and oxygen atoms in total. The first kappa shape index (κ1) is 25.6. The predicted molar refractivity (Wildman–Crippen MR) is 189 cm³/mol. The molecule has 0 atom stereocenters. The lowest BCUT2D eigenvalue weighted by molar-refractivity contribution is 1.01. The van der Waals surface area contributed by atoms with Crippen molar-refractivity contribution in [2.24, 2.45) is 7.05 Å². The van der Waals surface area contributed by atoms with Crippen LogP contribution in [0.15, 0.2) is 158 Å². The van der Waals surface area contributed by atoms with Gasteiger partial charge in [0, 0.05) is 45.2 Å². The summed E-state index contributed by atoms with van der Waals surface area (Å²) >= 11 is 0. The number of pyridine rings is 1. The van der Waals surface area contributed by atoms with Gasteiger partial charge in [0.25, 0.3) is 0 Å². The second-order valence-corrected chi connectivity index (χ2v) is 11.7. The van der Waals surface area contributed by atoms with Crippen molar-refractivity contribution in [3.05, 3.63) is 158 Å². The Hall–Kier alpha value is -5.93. The van der Waals surface area contributed by atoms with Gasteiger partial charge in [0.05, 0.1) is 33.6 Å². The van der Waals surface area contributed by atoms with Gasteiger partial charge in [-0.25, -0.2) is 4.98 Å². The molecule has 0 aliphatic rings. The minimum Gasteiger partial charge on any atom is -0.342 e. The topological polar surface area (TPSA) is 22.8 Å². The van der Waals surface area contributed by atoms with Crippen LogP contribution in [0, 0.1) is 0 Å². The number of rotatable bonds is 4. The maximum Gasteiger partial charge on any atom is 0.0791 e. The van der Waals surface area contributed by atoms with E-state index in [4.69, 9.17) is 4.98 Å². The van der Waals surface area contributed by atoms with Gasteiger partial charge in [0.2, 0.25) is 0 Å². The molecular formula is C42H29N3. The summed E-state index contributed by atoms with van der Waals surface area (Å²) in [6.45, 7) is 0. The van der Waals surface area contributed by atoms with Gasteiger partial charge in [0.1, 0.15) is 0 Å². The zero-order valence-corrected chi connectivity index (χ0v) is 24.9. The van der Waals surface area contributed by atoms with Crippen molar-refractivity contribution in [2.45, 2.75) is 0 Å². The van der Waals surface area contributed by atoms with E-state index in [1.807, 2.05) is 0 Å². The maximum atomic E-state index is 5.21. The van der Waals surface area contributed by atoms with Crippen LogP contribution in [0.25, 0.3) is 82.9 Å². The van der Waals surface area contributed by atoms with Crippen LogP contribution >= 0.6 is 0 Å². The first-order valence-electron chi connectivity index (χ1n) is 15.4. The highest BCUT2D eigenvalue weighted by molar-refractivity contribution is 6.27. The van der Waals surface area contributed by atoms with Crippen molar-refractivity contribution in [3.8, 4) is 39.3 Å². The third-order valence-corrected chi connectivity index (χ3v) is 9.10. The first-order chi connectivity index (χ1) is 22.3. The van der Waals surface area contributed by atoms with Gasteiger partial charge >= 0.3 is 0 Å². The second kappa shape index (κ2) is 10.1. The lowest BCUT2D eigenvalue weighted by atomic mass is 9.96. The quantitative estimate of drug-likeness (QED) is 0.205. The summed E-state index contributed by atoms with van der Waals surface area (Å²) in [5, 5.41) is 5.01. The van der Waals surface area contributed by atoms with Gasteiger partial charge in [0.15, 0.2) is 0 Å². The highest BCUT2D eigenvalue weighted by Gasteiger charge is 2.23. The van der Waals surface area contributed by atoms with Crippen LogP contribution in [0.2, 0.25) is 0 Å². The first-order valence-corrected chi connectivity index (χ1v) is 15.4. The van der Waals surface area contributed by atoms with E-state index in [1.54, 1.807) is 0 Å². The summed E-state index contributed by atoms with van der Waals surface area (Å²) < 4.78 is 4.84. The monoisotopic (exact) mass is 575 g/mol. The lowest BCUT2D eigenvalue weighted by Gasteiger charge is -2.15. The largest absolute Gasteiger partial charge is 0.342 e. The van der Waals surface area contributed by atoms with E-state index in [1.165, 1.54) is 54.7 Å². The minimum absolute atomic E-state index is 0.949. The number of benzene rings is 6. The molecule has 0 aliphatic carbocycles. The molecule has 212 valence electrons. The van der Waals surface area contributed by atoms with Crippen molar-refractivity contribution in [2.75, 3.05) is 0 Å². The maximum absolute atomic E-state index is 5.21. The highest BCUT2D eigenvalue weighted by atomic mass is 15.0. The molecule has 6 aromatic carbocycles. The molecule has 0 bridgehead atoms. The molecule has 0 unspecified atom stereocenters. The SMILES string of the molecule is Cn1c2ccccc2c2cc(-c3ccccc3)c3c4ccccc4n(-c4cc(-c5ccccc5)nc(-c5ccccc5)c4)c3c21. The summed E-state index contributed by atoms with van der Waals surface area (Å²) in [7, 11) is 2.20. The Kier molecular flexibility index (Phi) is 5.72. The summed E-state index contributed by atoms with van der Waals surface area (Å²) in [4.78, 5) is 5.21. The average Bonchev–Trinajstić information content (AvgIpc) is 3.61. The lowest BCUT2D eigenvalue weighted by Crippen LogP contribution is -2.00. The van der Waals surface area contributed by atoms with Crippen LogP contribution in [-0.2, 0) is 7.05 Å². The standard InChI is InChI=1S/C42H29N3/c1-44-38-23-13-11-21-32(38)35-27-34(28-15-5-2-6-16-28)40-33-22-12-14-24-39(33)45(42(40)41(35)44)31-25-36(29-17-7-3-8-18-29)43-37(26-31)30-19-9-4-10-20-30/h2-27H,1H3. The van der Waals surface area contributed by atoms with E-state index in [9.17, 15) is 0 Å². The van der Waals surface area contributed by atoms with Crippen LogP contribution in [0.5, 0.6) is 0 Å². The molecule has 3 heteroatoms. The van der Waals surface area contributed by atoms with E-state index in [-0.39, 0.29) is 0 Å². The fourth-order valence-electron chi connectivity index (χ4n) is 7.08. The number of para-hydroxylation sites is 2. The number of hydrogen-bond acceptors (Lipinski definition) is 1. The molecule has 0 N–H and O–H groups in total. The summed E-state index contributed by atoms with van der Waals surface area (Å²) in [6, 6.07) is 56.3. The second-order valence-electron chi connectivity index (χ2n) is 11.7. The van der Waals surface area contributed by atoms with Gasteiger partial charge in [-0.15, -0.1) is 0 Å². The number of aryl methyl sites for hydroxylation is 1. The third-order valence-electron chi connectivity index (χ3n) is 9.10. The van der Waals surface area contributed by atoms with E-state index < -0.39 is 0 Å². The Bertz CT molecular complexity index is 2460. The Balaban J connectivity index is 1.50. The van der Waals surface area contributed by atoms with Crippen molar-refractivity contribution in [1.82, 2.24) is 14.1 Å². The van der Waals surface area contributed by atoms with Crippen LogP contribution in [-0.4, -0.2) is 14.1 Å². The predicted octanol–water partition coefficient (Wildman–Crippen LogP) is 10.8. The number of aromatic nitrogens is 3. The molecular weight excluding hydrogens is 546 g/mol. The van der Waals surface area contributed by atoms with Crippen molar-refractivity contribution < 1.29 is 0 Å². The molecule has 0 saturated carbocycles. The number of hydrogen-bond donors (Lipinski definition) is 0. The van der Waals surface area contributed by atoms with Crippen LogP contribution < -0.4 is 0 Å². The molecule has 0 saturated heterocycles. The molecule has 0 amide bonds. The van der Waals surface area contributed by atoms with Crippen LogP contribution in [0.1, 0.15) is 0 Å².